The minimum Gasteiger partial charge on any atom is -0.465 e. The van der Waals surface area contributed by atoms with E-state index in [0.29, 0.717) is 30.3 Å². The lowest BCUT2D eigenvalue weighted by atomic mass is 9.85. The first-order valence-corrected chi connectivity index (χ1v) is 12.7. The number of amides is 4. The van der Waals surface area contributed by atoms with Crippen LogP contribution in [0.5, 0.6) is 0 Å². The summed E-state index contributed by atoms with van der Waals surface area (Å²) < 4.78 is 14.6. The van der Waals surface area contributed by atoms with Crippen molar-refractivity contribution in [1.29, 1.82) is 0 Å². The molecule has 1 atom stereocenters. The summed E-state index contributed by atoms with van der Waals surface area (Å²) in [6.07, 6.45) is 3.22. The van der Waals surface area contributed by atoms with Gasteiger partial charge in [0.05, 0.1) is 0 Å². The van der Waals surface area contributed by atoms with Gasteiger partial charge in [0.1, 0.15) is 11.9 Å². The monoisotopic (exact) mass is 501 g/mol. The number of carbonyl (C=O) groups excluding carboxylic acids is 3. The highest BCUT2D eigenvalue weighted by Crippen LogP contribution is 2.36. The lowest BCUT2D eigenvalue weighted by Gasteiger charge is -2.39. The smallest absolute Gasteiger partial charge is 0.404 e. The van der Waals surface area contributed by atoms with Crippen LogP contribution in [0, 0.1) is 11.7 Å². The third kappa shape index (κ3) is 5.02. The Kier molecular flexibility index (Phi) is 6.83. The van der Waals surface area contributed by atoms with Crippen LogP contribution in [0.4, 0.5) is 14.9 Å². The van der Waals surface area contributed by atoms with Gasteiger partial charge in [-0.05, 0) is 50.2 Å². The van der Waals surface area contributed by atoms with E-state index >= 15 is 0 Å². The maximum absolute atomic E-state index is 14.6. The molecule has 3 aliphatic heterocycles. The molecular formula is C25H32FN5O5. The van der Waals surface area contributed by atoms with Crippen LogP contribution in [0.3, 0.4) is 0 Å². The lowest BCUT2D eigenvalue weighted by Crippen LogP contribution is -2.52. The Morgan fingerprint density at radius 3 is 2.44 bits per heavy atom. The Balaban J connectivity index is 1.20. The minimum absolute atomic E-state index is 0.0492. The first-order chi connectivity index (χ1) is 17.3. The Morgan fingerprint density at radius 1 is 1.06 bits per heavy atom. The molecule has 4 amide bonds. The summed E-state index contributed by atoms with van der Waals surface area (Å²) in [7, 11) is 0. The molecular weight excluding hydrogens is 469 g/mol. The van der Waals surface area contributed by atoms with Crippen LogP contribution in [-0.2, 0) is 16.1 Å². The van der Waals surface area contributed by atoms with Crippen molar-refractivity contribution in [3.05, 3.63) is 29.1 Å². The fraction of sp³-hybridized carbons (Fsp3) is 0.600. The molecule has 1 unspecified atom stereocenters. The SMILES string of the molecule is O=C(O)NC1CCC(CN2CCN(c3cc(F)cc4c3CN(C3CCC(=O)NC3=O)C4=O)CC2)CC1. The molecule has 1 saturated carbocycles. The number of benzene rings is 1. The molecule has 0 aromatic heterocycles. The summed E-state index contributed by atoms with van der Waals surface area (Å²) in [6.45, 7) is 4.25. The maximum Gasteiger partial charge on any atom is 0.404 e. The number of carbonyl (C=O) groups is 4. The Bertz CT molecular complexity index is 1070. The van der Waals surface area contributed by atoms with E-state index in [9.17, 15) is 23.6 Å². The van der Waals surface area contributed by atoms with Gasteiger partial charge < -0.3 is 20.2 Å². The van der Waals surface area contributed by atoms with Gasteiger partial charge in [0.25, 0.3) is 5.91 Å². The van der Waals surface area contributed by atoms with Gasteiger partial charge in [-0.2, -0.15) is 0 Å². The van der Waals surface area contributed by atoms with Gasteiger partial charge in [-0.25, -0.2) is 9.18 Å². The van der Waals surface area contributed by atoms with Crippen LogP contribution in [0.15, 0.2) is 12.1 Å². The van der Waals surface area contributed by atoms with Gasteiger partial charge in [0.15, 0.2) is 0 Å². The van der Waals surface area contributed by atoms with Gasteiger partial charge in [-0.3, -0.25) is 24.6 Å². The van der Waals surface area contributed by atoms with Gasteiger partial charge >= 0.3 is 6.09 Å². The van der Waals surface area contributed by atoms with Crippen molar-refractivity contribution in [2.75, 3.05) is 37.6 Å². The number of fused-ring (bicyclic) bond motifs is 1. The number of carboxylic acid groups (broad SMARTS) is 1. The Morgan fingerprint density at radius 2 is 1.78 bits per heavy atom. The first-order valence-electron chi connectivity index (χ1n) is 12.7. The van der Waals surface area contributed by atoms with Crippen molar-refractivity contribution in [2.24, 2.45) is 5.92 Å². The highest BCUT2D eigenvalue weighted by atomic mass is 19.1. The third-order valence-electron chi connectivity index (χ3n) is 8.00. The number of piperidine rings is 1. The van der Waals surface area contributed by atoms with E-state index in [0.717, 1.165) is 50.9 Å². The summed E-state index contributed by atoms with van der Waals surface area (Å²) in [5.41, 5.74) is 1.74. The van der Waals surface area contributed by atoms with E-state index in [-0.39, 0.29) is 37.2 Å². The summed E-state index contributed by atoms with van der Waals surface area (Å²) in [4.78, 5) is 53.8. The maximum atomic E-state index is 14.6. The summed E-state index contributed by atoms with van der Waals surface area (Å²) in [5.74, 6) is -1.12. The van der Waals surface area contributed by atoms with Crippen molar-refractivity contribution in [3.8, 4) is 0 Å². The molecule has 3 N–H and O–H groups in total. The molecule has 4 aliphatic rings. The van der Waals surface area contributed by atoms with Gasteiger partial charge in [-0.15, -0.1) is 0 Å². The number of piperazine rings is 1. The number of hydrogen-bond acceptors (Lipinski definition) is 6. The molecule has 3 fully saturated rings. The van der Waals surface area contributed by atoms with E-state index in [1.165, 1.54) is 17.0 Å². The summed E-state index contributed by atoms with van der Waals surface area (Å²) >= 11 is 0. The molecule has 11 heteroatoms. The molecule has 0 radical (unpaired) electrons. The van der Waals surface area contributed by atoms with Crippen molar-refractivity contribution in [2.45, 2.75) is 57.2 Å². The first kappa shape index (κ1) is 24.5. The highest BCUT2D eigenvalue weighted by molar-refractivity contribution is 6.06. The van der Waals surface area contributed by atoms with Gasteiger partial charge in [-0.1, -0.05) is 0 Å². The number of nitrogens with one attached hydrogen (secondary N) is 2. The quantitative estimate of drug-likeness (QED) is 0.523. The molecule has 5 rings (SSSR count). The average Bonchev–Trinajstić information content (AvgIpc) is 3.16. The number of imide groups is 1. The number of anilines is 1. The highest BCUT2D eigenvalue weighted by Gasteiger charge is 2.41. The van der Waals surface area contributed by atoms with Crippen LogP contribution < -0.4 is 15.5 Å². The van der Waals surface area contributed by atoms with Crippen molar-refractivity contribution in [1.82, 2.24) is 20.4 Å². The summed E-state index contributed by atoms with van der Waals surface area (Å²) in [6, 6.07) is 2.05. The Labute approximate surface area is 208 Å². The lowest BCUT2D eigenvalue weighted by molar-refractivity contribution is -0.136. The topological polar surface area (TPSA) is 122 Å². The molecule has 1 aromatic carbocycles. The molecule has 1 aromatic rings. The zero-order chi connectivity index (χ0) is 25.4. The van der Waals surface area contributed by atoms with E-state index in [1.54, 1.807) is 0 Å². The van der Waals surface area contributed by atoms with E-state index in [2.05, 4.69) is 20.4 Å². The van der Waals surface area contributed by atoms with Crippen LogP contribution >= 0.6 is 0 Å². The predicted octanol–water partition coefficient (Wildman–Crippen LogP) is 1.54. The summed E-state index contributed by atoms with van der Waals surface area (Å²) in [5, 5.41) is 13.8. The molecule has 3 heterocycles. The number of hydrogen-bond donors (Lipinski definition) is 3. The fourth-order valence-electron chi connectivity index (χ4n) is 6.09. The Hall–Kier alpha value is -3.21. The van der Waals surface area contributed by atoms with Crippen molar-refractivity contribution >= 4 is 29.5 Å². The van der Waals surface area contributed by atoms with Gasteiger partial charge in [0.2, 0.25) is 11.8 Å². The van der Waals surface area contributed by atoms with E-state index < -0.39 is 23.9 Å². The van der Waals surface area contributed by atoms with Crippen molar-refractivity contribution < 1.29 is 28.7 Å². The van der Waals surface area contributed by atoms with Crippen LogP contribution in [0.1, 0.15) is 54.4 Å². The average molecular weight is 502 g/mol. The second-order valence-electron chi connectivity index (χ2n) is 10.3. The molecule has 0 bridgehead atoms. The number of halogens is 1. The van der Waals surface area contributed by atoms with Crippen molar-refractivity contribution in [3.63, 3.8) is 0 Å². The zero-order valence-corrected chi connectivity index (χ0v) is 20.2. The second kappa shape index (κ2) is 10.0. The third-order valence-corrected chi connectivity index (χ3v) is 8.00. The molecule has 36 heavy (non-hydrogen) atoms. The molecule has 1 aliphatic carbocycles. The molecule has 10 nitrogen and oxygen atoms in total. The standard InChI is InChI=1S/C25H32FN5O5/c26-16-11-18-19(14-31(24(18)34)20-5-6-22(32)28-23(20)33)21(12-16)30-9-7-29(8-10-30)13-15-1-3-17(4-2-15)27-25(35)36/h11-12,15,17,20,27H,1-10,13-14H2,(H,35,36)(H,28,32,33). The molecule has 194 valence electrons. The van der Waals surface area contributed by atoms with Crippen LogP contribution in [0.25, 0.3) is 0 Å². The van der Waals surface area contributed by atoms with Crippen LogP contribution in [-0.4, -0.2) is 83.5 Å². The minimum atomic E-state index is -0.958. The van der Waals surface area contributed by atoms with E-state index in [4.69, 9.17) is 5.11 Å². The number of rotatable bonds is 5. The number of nitrogens with zero attached hydrogens (tertiary/aromatic N) is 3. The molecule has 2 saturated heterocycles. The zero-order valence-electron chi connectivity index (χ0n) is 20.2. The molecule has 0 spiro atoms. The fourth-order valence-corrected chi connectivity index (χ4v) is 6.09. The van der Waals surface area contributed by atoms with Crippen LogP contribution in [0.2, 0.25) is 0 Å². The van der Waals surface area contributed by atoms with Gasteiger partial charge in [0, 0.05) is 68.5 Å². The second-order valence-corrected chi connectivity index (χ2v) is 10.3. The normalized spacial score (nSPS) is 27.1. The predicted molar refractivity (Wildman–Crippen MR) is 128 cm³/mol. The van der Waals surface area contributed by atoms with E-state index in [1.807, 2.05) is 0 Å². The largest absolute Gasteiger partial charge is 0.465 e.